The van der Waals surface area contributed by atoms with E-state index in [1.807, 2.05) is 33.2 Å². The molecular formula is C18H21Cl2N5OS. The number of benzene rings is 1. The smallest absolute Gasteiger partial charge is 0.280 e. The van der Waals surface area contributed by atoms with Crippen molar-refractivity contribution in [1.82, 2.24) is 19.9 Å². The molecule has 0 aliphatic rings. The Morgan fingerprint density at radius 1 is 1.22 bits per heavy atom. The molecule has 0 saturated carbocycles. The minimum atomic E-state index is -0.195. The van der Waals surface area contributed by atoms with Crippen molar-refractivity contribution >= 4 is 56.6 Å². The molecule has 3 aromatic rings. The summed E-state index contributed by atoms with van der Waals surface area (Å²) in [7, 11) is 4.02. The maximum Gasteiger partial charge on any atom is 0.280 e. The van der Waals surface area contributed by atoms with Gasteiger partial charge in [0.1, 0.15) is 5.69 Å². The topological polar surface area (TPSA) is 62.2 Å². The van der Waals surface area contributed by atoms with E-state index in [4.69, 9.17) is 16.6 Å². The fraction of sp³-hybridized carbons (Fsp3) is 0.333. The average Bonchev–Trinajstić information content (AvgIpc) is 3.06. The van der Waals surface area contributed by atoms with Crippen molar-refractivity contribution in [2.45, 2.75) is 13.3 Å². The molecule has 0 saturated heterocycles. The van der Waals surface area contributed by atoms with Crippen molar-refractivity contribution < 1.29 is 4.79 Å². The van der Waals surface area contributed by atoms with Gasteiger partial charge in [-0.15, -0.1) is 12.4 Å². The Hall–Kier alpha value is -1.80. The van der Waals surface area contributed by atoms with Crippen LogP contribution in [0.25, 0.3) is 10.2 Å². The molecule has 6 nitrogen and oxygen atoms in total. The van der Waals surface area contributed by atoms with Crippen LogP contribution in [0, 0.1) is 6.92 Å². The molecule has 0 radical (unpaired) electrons. The Balaban J connectivity index is 0.00000261. The summed E-state index contributed by atoms with van der Waals surface area (Å²) in [4.78, 5) is 29.6. The average molecular weight is 426 g/mol. The number of hydrogen-bond acceptors (Lipinski definition) is 6. The summed E-state index contributed by atoms with van der Waals surface area (Å²) in [5.41, 5.74) is 2.07. The normalized spacial score (nSPS) is 10.9. The third-order valence-electron chi connectivity index (χ3n) is 3.98. The summed E-state index contributed by atoms with van der Waals surface area (Å²) >= 11 is 7.70. The number of aromatic nitrogens is 3. The molecule has 0 unspecified atom stereocenters. The van der Waals surface area contributed by atoms with E-state index in [1.54, 1.807) is 11.1 Å². The third kappa shape index (κ3) is 4.93. The molecule has 0 fully saturated rings. The standard InChI is InChI=1S/C18H20ClN5OS.ClH/c1-12-13(19)5-6-15-16(12)22-18(26-15)24(10-4-9-23(2)3)17(25)14-11-20-7-8-21-14;/h5-8,11H,4,9-10H2,1-3H3;1H. The summed E-state index contributed by atoms with van der Waals surface area (Å²) < 4.78 is 1.01. The predicted octanol–water partition coefficient (Wildman–Crippen LogP) is 4.07. The summed E-state index contributed by atoms with van der Waals surface area (Å²) in [6.07, 6.45) is 5.38. The number of hydrogen-bond donors (Lipinski definition) is 0. The fourth-order valence-corrected chi connectivity index (χ4v) is 3.78. The van der Waals surface area contributed by atoms with E-state index in [0.29, 0.717) is 22.4 Å². The second-order valence-corrected chi connectivity index (χ2v) is 7.64. The number of halogens is 2. The van der Waals surface area contributed by atoms with E-state index in [2.05, 4.69) is 14.9 Å². The van der Waals surface area contributed by atoms with Crippen LogP contribution >= 0.6 is 35.3 Å². The van der Waals surface area contributed by atoms with Crippen LogP contribution in [-0.2, 0) is 0 Å². The van der Waals surface area contributed by atoms with Crippen molar-refractivity contribution in [3.8, 4) is 0 Å². The van der Waals surface area contributed by atoms with Crippen LogP contribution in [-0.4, -0.2) is 52.9 Å². The largest absolute Gasteiger partial charge is 0.309 e. The molecule has 1 aromatic carbocycles. The molecule has 3 rings (SSSR count). The number of fused-ring (bicyclic) bond motifs is 1. The van der Waals surface area contributed by atoms with Crippen LogP contribution < -0.4 is 4.90 Å². The first-order valence-corrected chi connectivity index (χ1v) is 9.45. The van der Waals surface area contributed by atoms with Gasteiger partial charge in [0, 0.05) is 24.0 Å². The first kappa shape index (κ1) is 21.5. The molecule has 1 amide bonds. The van der Waals surface area contributed by atoms with Crippen molar-refractivity contribution in [3.63, 3.8) is 0 Å². The van der Waals surface area contributed by atoms with Gasteiger partial charge >= 0.3 is 0 Å². The lowest BCUT2D eigenvalue weighted by Crippen LogP contribution is -2.34. The number of anilines is 1. The molecule has 27 heavy (non-hydrogen) atoms. The number of nitrogens with zero attached hydrogens (tertiary/aromatic N) is 5. The van der Waals surface area contributed by atoms with E-state index >= 15 is 0 Å². The number of amides is 1. The second kappa shape index (κ2) is 9.41. The molecule has 0 bridgehead atoms. The van der Waals surface area contributed by atoms with Gasteiger partial charge in [0.2, 0.25) is 0 Å². The van der Waals surface area contributed by atoms with Crippen LogP contribution in [0.3, 0.4) is 0 Å². The Morgan fingerprint density at radius 3 is 2.67 bits per heavy atom. The minimum absolute atomic E-state index is 0. The highest BCUT2D eigenvalue weighted by atomic mass is 35.5. The van der Waals surface area contributed by atoms with Gasteiger partial charge in [-0.25, -0.2) is 9.97 Å². The summed E-state index contributed by atoms with van der Waals surface area (Å²) in [5, 5.41) is 1.33. The van der Waals surface area contributed by atoms with E-state index in [1.165, 1.54) is 23.7 Å². The van der Waals surface area contributed by atoms with E-state index in [0.717, 1.165) is 28.7 Å². The zero-order valence-corrected chi connectivity index (χ0v) is 17.7. The predicted molar refractivity (Wildman–Crippen MR) is 113 cm³/mol. The molecule has 0 aliphatic carbocycles. The van der Waals surface area contributed by atoms with Crippen LogP contribution in [0.15, 0.2) is 30.7 Å². The van der Waals surface area contributed by atoms with E-state index in [-0.39, 0.29) is 18.3 Å². The quantitative estimate of drug-likeness (QED) is 0.595. The van der Waals surface area contributed by atoms with Gasteiger partial charge in [-0.1, -0.05) is 22.9 Å². The molecule has 0 N–H and O–H groups in total. The lowest BCUT2D eigenvalue weighted by molar-refractivity contribution is 0.0981. The maximum atomic E-state index is 13.0. The fourth-order valence-electron chi connectivity index (χ4n) is 2.58. The number of carbonyl (C=O) groups excluding carboxylic acids is 1. The highest BCUT2D eigenvalue weighted by molar-refractivity contribution is 7.22. The van der Waals surface area contributed by atoms with Gasteiger partial charge in [0.25, 0.3) is 5.91 Å². The minimum Gasteiger partial charge on any atom is -0.309 e. The first-order valence-electron chi connectivity index (χ1n) is 8.25. The lowest BCUT2D eigenvalue weighted by atomic mass is 10.2. The molecule has 0 spiro atoms. The second-order valence-electron chi connectivity index (χ2n) is 6.22. The third-order valence-corrected chi connectivity index (χ3v) is 5.44. The van der Waals surface area contributed by atoms with Crippen LogP contribution in [0.5, 0.6) is 0 Å². The molecule has 9 heteroatoms. The van der Waals surface area contributed by atoms with Gasteiger partial charge in [0.15, 0.2) is 5.13 Å². The van der Waals surface area contributed by atoms with E-state index < -0.39 is 0 Å². The number of rotatable bonds is 6. The molecular weight excluding hydrogens is 405 g/mol. The van der Waals surface area contributed by atoms with Crippen molar-refractivity contribution in [3.05, 3.63) is 47.0 Å². The monoisotopic (exact) mass is 425 g/mol. The zero-order valence-electron chi connectivity index (χ0n) is 15.3. The van der Waals surface area contributed by atoms with Crippen LogP contribution in [0.1, 0.15) is 22.5 Å². The Morgan fingerprint density at radius 2 is 2.00 bits per heavy atom. The van der Waals surface area contributed by atoms with Crippen LogP contribution in [0.4, 0.5) is 5.13 Å². The zero-order chi connectivity index (χ0) is 18.7. The molecule has 0 aliphatic heterocycles. The van der Waals surface area contributed by atoms with Gasteiger partial charge < -0.3 is 4.90 Å². The highest BCUT2D eigenvalue weighted by Crippen LogP contribution is 2.34. The highest BCUT2D eigenvalue weighted by Gasteiger charge is 2.23. The molecule has 144 valence electrons. The number of thiazole rings is 1. The van der Waals surface area contributed by atoms with Crippen molar-refractivity contribution in [1.29, 1.82) is 0 Å². The summed E-state index contributed by atoms with van der Waals surface area (Å²) in [6, 6.07) is 3.80. The molecule has 2 aromatic heterocycles. The first-order chi connectivity index (χ1) is 12.5. The Labute approximate surface area is 173 Å². The Kier molecular flexibility index (Phi) is 7.49. The van der Waals surface area contributed by atoms with Gasteiger partial charge in [-0.05, 0) is 51.7 Å². The van der Waals surface area contributed by atoms with E-state index in [9.17, 15) is 4.79 Å². The summed E-state index contributed by atoms with van der Waals surface area (Å²) in [5.74, 6) is -0.195. The molecule has 0 atom stereocenters. The molecule has 2 heterocycles. The lowest BCUT2D eigenvalue weighted by Gasteiger charge is -2.20. The maximum absolute atomic E-state index is 13.0. The number of aryl methyl sites for hydroxylation is 1. The van der Waals surface area contributed by atoms with Gasteiger partial charge in [-0.3, -0.25) is 14.7 Å². The Bertz CT molecular complexity index is 917. The summed E-state index contributed by atoms with van der Waals surface area (Å²) in [6.45, 7) is 3.37. The van der Waals surface area contributed by atoms with Crippen LogP contribution in [0.2, 0.25) is 5.02 Å². The van der Waals surface area contributed by atoms with Crippen molar-refractivity contribution in [2.24, 2.45) is 0 Å². The SMILES string of the molecule is Cc1c(Cl)ccc2sc(N(CCCN(C)C)C(=O)c3cnccn3)nc12.Cl. The number of carbonyl (C=O) groups is 1. The van der Waals surface area contributed by atoms with Gasteiger partial charge in [-0.2, -0.15) is 0 Å². The van der Waals surface area contributed by atoms with Gasteiger partial charge in [0.05, 0.1) is 16.4 Å². The van der Waals surface area contributed by atoms with Crippen molar-refractivity contribution in [2.75, 3.05) is 32.1 Å².